The molecule has 0 atom stereocenters. The minimum atomic E-state index is 0.297. The average Bonchev–Trinajstić information content (AvgIpc) is 2.77. The van der Waals surface area contributed by atoms with E-state index in [1.165, 1.54) is 0 Å². The molecular formula is C12H10N2O2. The summed E-state index contributed by atoms with van der Waals surface area (Å²) in [7, 11) is 0. The van der Waals surface area contributed by atoms with Gasteiger partial charge in [0.05, 0.1) is 11.9 Å². The molecule has 0 radical (unpaired) electrons. The molecule has 1 aromatic carbocycles. The van der Waals surface area contributed by atoms with Crippen molar-refractivity contribution >= 4 is 11.4 Å². The summed E-state index contributed by atoms with van der Waals surface area (Å²) in [5.41, 5.74) is 1.90. The number of pyridine rings is 1. The number of aromatic nitrogens is 1. The second-order valence-corrected chi connectivity index (χ2v) is 3.43. The van der Waals surface area contributed by atoms with Crippen LogP contribution in [0.5, 0.6) is 11.5 Å². The number of fused-ring (bicyclic) bond motifs is 1. The van der Waals surface area contributed by atoms with Crippen LogP contribution < -0.4 is 14.8 Å². The summed E-state index contributed by atoms with van der Waals surface area (Å²) in [5.74, 6) is 1.56. The lowest BCUT2D eigenvalue weighted by molar-refractivity contribution is 0.174. The van der Waals surface area contributed by atoms with E-state index >= 15 is 0 Å². The smallest absolute Gasteiger partial charge is 0.231 e. The molecule has 4 heteroatoms. The second-order valence-electron chi connectivity index (χ2n) is 3.43. The molecule has 0 amide bonds. The third-order valence-corrected chi connectivity index (χ3v) is 2.32. The Bertz CT molecular complexity index is 500. The minimum Gasteiger partial charge on any atom is -0.454 e. The molecule has 16 heavy (non-hydrogen) atoms. The maximum Gasteiger partial charge on any atom is 0.231 e. The van der Waals surface area contributed by atoms with Gasteiger partial charge in [-0.25, -0.2) is 0 Å². The van der Waals surface area contributed by atoms with Crippen molar-refractivity contribution in [1.82, 2.24) is 4.98 Å². The summed E-state index contributed by atoms with van der Waals surface area (Å²) in [6.07, 6.45) is 3.51. The van der Waals surface area contributed by atoms with Crippen molar-refractivity contribution in [2.75, 3.05) is 12.1 Å². The van der Waals surface area contributed by atoms with Gasteiger partial charge in [0.1, 0.15) is 0 Å². The van der Waals surface area contributed by atoms with Gasteiger partial charge in [-0.15, -0.1) is 0 Å². The van der Waals surface area contributed by atoms with E-state index in [-0.39, 0.29) is 0 Å². The maximum absolute atomic E-state index is 5.30. The highest BCUT2D eigenvalue weighted by atomic mass is 16.7. The number of nitrogens with one attached hydrogen (secondary N) is 1. The number of benzene rings is 1. The van der Waals surface area contributed by atoms with E-state index in [9.17, 15) is 0 Å². The lowest BCUT2D eigenvalue weighted by atomic mass is 10.2. The molecule has 2 heterocycles. The Hall–Kier alpha value is -2.23. The summed E-state index contributed by atoms with van der Waals surface area (Å²) >= 11 is 0. The number of anilines is 2. The van der Waals surface area contributed by atoms with Crippen molar-refractivity contribution in [3.63, 3.8) is 0 Å². The Balaban J connectivity index is 1.86. The van der Waals surface area contributed by atoms with E-state index < -0.39 is 0 Å². The molecule has 1 aromatic heterocycles. The van der Waals surface area contributed by atoms with Crippen molar-refractivity contribution in [2.24, 2.45) is 0 Å². The fourth-order valence-corrected chi connectivity index (χ4v) is 1.58. The van der Waals surface area contributed by atoms with Gasteiger partial charge in [0.15, 0.2) is 11.5 Å². The number of nitrogens with zero attached hydrogens (tertiary/aromatic N) is 1. The van der Waals surface area contributed by atoms with Crippen LogP contribution in [-0.2, 0) is 0 Å². The van der Waals surface area contributed by atoms with Crippen molar-refractivity contribution in [3.05, 3.63) is 42.7 Å². The highest BCUT2D eigenvalue weighted by Crippen LogP contribution is 2.34. The zero-order valence-electron chi connectivity index (χ0n) is 8.51. The van der Waals surface area contributed by atoms with Crippen LogP contribution in [0, 0.1) is 0 Å². The van der Waals surface area contributed by atoms with Gasteiger partial charge in [0, 0.05) is 18.0 Å². The molecule has 1 aliphatic rings. The Morgan fingerprint density at radius 3 is 2.88 bits per heavy atom. The maximum atomic E-state index is 5.30. The Kier molecular flexibility index (Phi) is 2.11. The first-order chi connectivity index (χ1) is 7.92. The van der Waals surface area contributed by atoms with Crippen molar-refractivity contribution in [3.8, 4) is 11.5 Å². The second kappa shape index (κ2) is 3.73. The van der Waals surface area contributed by atoms with Gasteiger partial charge in [-0.05, 0) is 24.3 Å². The highest BCUT2D eigenvalue weighted by Gasteiger charge is 2.12. The van der Waals surface area contributed by atoms with Gasteiger partial charge < -0.3 is 14.8 Å². The van der Waals surface area contributed by atoms with Gasteiger partial charge in [0.25, 0.3) is 0 Å². The average molecular weight is 214 g/mol. The molecule has 0 bridgehead atoms. The molecule has 1 aliphatic heterocycles. The topological polar surface area (TPSA) is 43.4 Å². The van der Waals surface area contributed by atoms with Gasteiger partial charge >= 0.3 is 0 Å². The number of hydrogen-bond acceptors (Lipinski definition) is 4. The summed E-state index contributed by atoms with van der Waals surface area (Å²) in [6, 6.07) is 9.59. The van der Waals surface area contributed by atoms with E-state index in [4.69, 9.17) is 9.47 Å². The summed E-state index contributed by atoms with van der Waals surface area (Å²) in [5, 5.41) is 3.24. The summed E-state index contributed by atoms with van der Waals surface area (Å²) in [6.45, 7) is 0.297. The Morgan fingerprint density at radius 1 is 1.06 bits per heavy atom. The molecular weight excluding hydrogens is 204 g/mol. The Labute approximate surface area is 92.8 Å². The molecule has 2 aromatic rings. The fraction of sp³-hybridized carbons (Fsp3) is 0.0833. The van der Waals surface area contributed by atoms with E-state index in [0.717, 1.165) is 22.9 Å². The highest BCUT2D eigenvalue weighted by molar-refractivity contribution is 5.63. The van der Waals surface area contributed by atoms with Gasteiger partial charge in [0.2, 0.25) is 6.79 Å². The van der Waals surface area contributed by atoms with Crippen LogP contribution in [0.1, 0.15) is 0 Å². The number of hydrogen-bond donors (Lipinski definition) is 1. The molecule has 3 rings (SSSR count). The normalized spacial score (nSPS) is 12.5. The first-order valence-electron chi connectivity index (χ1n) is 4.98. The zero-order valence-corrected chi connectivity index (χ0v) is 8.51. The van der Waals surface area contributed by atoms with Crippen LogP contribution in [-0.4, -0.2) is 11.8 Å². The zero-order chi connectivity index (χ0) is 10.8. The molecule has 0 fully saturated rings. The number of rotatable bonds is 2. The van der Waals surface area contributed by atoms with Crippen LogP contribution in [0.15, 0.2) is 42.7 Å². The first kappa shape index (κ1) is 9.03. The largest absolute Gasteiger partial charge is 0.454 e. The molecule has 4 nitrogen and oxygen atoms in total. The first-order valence-corrected chi connectivity index (χ1v) is 4.98. The standard InChI is InChI=1S/C12H10N2O2/c1-2-10(7-13-5-1)14-9-3-4-11-12(6-9)16-8-15-11/h1-7,14H,8H2. The van der Waals surface area contributed by atoms with Crippen LogP contribution in [0.2, 0.25) is 0 Å². The van der Waals surface area contributed by atoms with E-state index in [0.29, 0.717) is 6.79 Å². The number of ether oxygens (including phenoxy) is 2. The third kappa shape index (κ3) is 1.65. The van der Waals surface area contributed by atoms with Gasteiger partial charge in [-0.3, -0.25) is 4.98 Å². The quantitative estimate of drug-likeness (QED) is 0.834. The molecule has 80 valence electrons. The van der Waals surface area contributed by atoms with Crippen molar-refractivity contribution in [2.45, 2.75) is 0 Å². The fourth-order valence-electron chi connectivity index (χ4n) is 1.58. The van der Waals surface area contributed by atoms with Gasteiger partial charge in [-0.1, -0.05) is 0 Å². The summed E-state index contributed by atoms with van der Waals surface area (Å²) < 4.78 is 10.5. The van der Waals surface area contributed by atoms with Crippen LogP contribution >= 0.6 is 0 Å². The molecule has 0 saturated carbocycles. The Morgan fingerprint density at radius 2 is 2.00 bits per heavy atom. The van der Waals surface area contributed by atoms with Crippen molar-refractivity contribution < 1.29 is 9.47 Å². The lowest BCUT2D eigenvalue weighted by Gasteiger charge is -2.06. The molecule has 0 unspecified atom stereocenters. The van der Waals surface area contributed by atoms with E-state index in [1.807, 2.05) is 30.3 Å². The lowest BCUT2D eigenvalue weighted by Crippen LogP contribution is -1.93. The monoisotopic (exact) mass is 214 g/mol. The van der Waals surface area contributed by atoms with Crippen LogP contribution in [0.3, 0.4) is 0 Å². The van der Waals surface area contributed by atoms with Crippen molar-refractivity contribution in [1.29, 1.82) is 0 Å². The molecule has 1 N–H and O–H groups in total. The van der Waals surface area contributed by atoms with E-state index in [1.54, 1.807) is 12.4 Å². The predicted octanol–water partition coefficient (Wildman–Crippen LogP) is 2.55. The SMILES string of the molecule is c1cncc(Nc2ccc3c(c2)OCO3)c1. The third-order valence-electron chi connectivity index (χ3n) is 2.32. The molecule has 0 saturated heterocycles. The predicted molar refractivity (Wildman–Crippen MR) is 60.1 cm³/mol. The molecule has 0 spiro atoms. The minimum absolute atomic E-state index is 0.297. The molecule has 0 aliphatic carbocycles. The van der Waals surface area contributed by atoms with Crippen LogP contribution in [0.25, 0.3) is 0 Å². The summed E-state index contributed by atoms with van der Waals surface area (Å²) in [4.78, 5) is 4.03. The van der Waals surface area contributed by atoms with Crippen LogP contribution in [0.4, 0.5) is 11.4 Å². The van der Waals surface area contributed by atoms with E-state index in [2.05, 4.69) is 10.3 Å². The van der Waals surface area contributed by atoms with Gasteiger partial charge in [-0.2, -0.15) is 0 Å².